The van der Waals surface area contributed by atoms with Gasteiger partial charge in [0.25, 0.3) is 5.91 Å². The van der Waals surface area contributed by atoms with E-state index in [1.54, 1.807) is 24.3 Å². The number of carbonyl (C=O) groups is 1. The molecule has 138 valence electrons. The highest BCUT2D eigenvalue weighted by atomic mass is 35.5. The summed E-state index contributed by atoms with van der Waals surface area (Å²) >= 11 is 5.94. The number of amides is 1. The quantitative estimate of drug-likeness (QED) is 0.458. The van der Waals surface area contributed by atoms with Crippen molar-refractivity contribution >= 4 is 23.2 Å². The van der Waals surface area contributed by atoms with Crippen LogP contribution in [-0.4, -0.2) is 5.91 Å². The van der Waals surface area contributed by atoms with E-state index in [1.807, 2.05) is 66.7 Å². The number of carbonyl (C=O) groups excluding carboxylic acids is 1. The Balaban J connectivity index is 1.82. The summed E-state index contributed by atoms with van der Waals surface area (Å²) in [5.74, 6) is -0.503. The molecular formula is C23H18ClN3O. The Morgan fingerprint density at radius 2 is 1.54 bits per heavy atom. The molecule has 0 fully saturated rings. The van der Waals surface area contributed by atoms with E-state index in [9.17, 15) is 10.1 Å². The number of nitrogens with zero attached hydrogens (tertiary/aromatic N) is 1. The molecule has 0 saturated heterocycles. The number of nitrogens with one attached hydrogen (secondary N) is 2. The molecule has 0 radical (unpaired) electrons. The minimum atomic E-state index is -0.503. The number of rotatable bonds is 6. The van der Waals surface area contributed by atoms with Gasteiger partial charge >= 0.3 is 0 Å². The predicted molar refractivity (Wildman–Crippen MR) is 112 cm³/mol. The minimum absolute atomic E-state index is 0.0307. The van der Waals surface area contributed by atoms with Gasteiger partial charge in [0, 0.05) is 16.9 Å². The number of nitriles is 1. The van der Waals surface area contributed by atoms with Gasteiger partial charge in [0.1, 0.15) is 11.6 Å². The largest absolute Gasteiger partial charge is 0.379 e. The molecule has 0 aliphatic heterocycles. The zero-order chi connectivity index (χ0) is 19.8. The Labute approximate surface area is 169 Å². The first-order chi connectivity index (χ1) is 13.7. The van der Waals surface area contributed by atoms with Crippen LogP contribution >= 0.6 is 11.6 Å². The highest BCUT2D eigenvalue weighted by Crippen LogP contribution is 2.22. The van der Waals surface area contributed by atoms with Gasteiger partial charge in [-0.15, -0.1) is 0 Å². The molecule has 4 nitrogen and oxygen atoms in total. The van der Waals surface area contributed by atoms with Crippen LogP contribution in [0.5, 0.6) is 0 Å². The molecule has 0 atom stereocenters. The summed E-state index contributed by atoms with van der Waals surface area (Å²) in [4.78, 5) is 12.5. The number of anilines is 1. The van der Waals surface area contributed by atoms with Crippen molar-refractivity contribution in [3.63, 3.8) is 0 Å². The van der Waals surface area contributed by atoms with Crippen molar-refractivity contribution in [3.05, 3.63) is 113 Å². The number of hydrogen-bond donors (Lipinski definition) is 2. The minimum Gasteiger partial charge on any atom is -0.379 e. The predicted octanol–water partition coefficient (Wildman–Crippen LogP) is 5.07. The van der Waals surface area contributed by atoms with Crippen LogP contribution in [0.3, 0.4) is 0 Å². The summed E-state index contributed by atoms with van der Waals surface area (Å²) in [6, 6.07) is 28.2. The lowest BCUT2D eigenvalue weighted by molar-refractivity contribution is -0.112. The molecule has 0 unspecified atom stereocenters. The lowest BCUT2D eigenvalue weighted by Crippen LogP contribution is -2.21. The second-order valence-electron chi connectivity index (χ2n) is 6.06. The third-order valence-corrected chi connectivity index (χ3v) is 4.34. The molecule has 0 saturated carbocycles. The van der Waals surface area contributed by atoms with E-state index in [2.05, 4.69) is 10.6 Å². The summed E-state index contributed by atoms with van der Waals surface area (Å²) in [5, 5.41) is 15.8. The van der Waals surface area contributed by atoms with E-state index >= 15 is 0 Å². The summed E-state index contributed by atoms with van der Waals surface area (Å²) in [6.45, 7) is 0. The standard InChI is InChI=1S/C23H18ClN3O/c24-20-12-7-13-21(14-20)27-23(28)19(15-25)16-26-22(17-8-3-1-4-9-17)18-10-5-2-6-11-18/h1-14,16,22,26H,(H,27,28)/b19-16-. The van der Waals surface area contributed by atoms with Crippen molar-refractivity contribution in [2.75, 3.05) is 5.32 Å². The fourth-order valence-corrected chi connectivity index (χ4v) is 2.95. The molecule has 3 aromatic carbocycles. The Morgan fingerprint density at radius 1 is 0.929 bits per heavy atom. The van der Waals surface area contributed by atoms with E-state index in [0.717, 1.165) is 11.1 Å². The van der Waals surface area contributed by atoms with Gasteiger partial charge in [0.15, 0.2) is 0 Å². The second kappa shape index (κ2) is 9.40. The summed E-state index contributed by atoms with van der Waals surface area (Å²) in [7, 11) is 0. The van der Waals surface area contributed by atoms with Crippen LogP contribution in [0.4, 0.5) is 5.69 Å². The SMILES string of the molecule is N#C/C(=C/NC(c1ccccc1)c1ccccc1)C(=O)Nc1cccc(Cl)c1. The molecule has 0 heterocycles. The van der Waals surface area contributed by atoms with Crippen molar-refractivity contribution in [2.45, 2.75) is 6.04 Å². The third kappa shape index (κ3) is 5.00. The second-order valence-corrected chi connectivity index (χ2v) is 6.49. The monoisotopic (exact) mass is 387 g/mol. The highest BCUT2D eigenvalue weighted by Gasteiger charge is 2.14. The van der Waals surface area contributed by atoms with Gasteiger partial charge in [0.2, 0.25) is 0 Å². The van der Waals surface area contributed by atoms with Crippen LogP contribution in [0.1, 0.15) is 17.2 Å². The van der Waals surface area contributed by atoms with E-state index in [0.29, 0.717) is 10.7 Å². The Kier molecular flexibility index (Phi) is 6.46. The van der Waals surface area contributed by atoms with E-state index in [1.165, 1.54) is 6.20 Å². The molecule has 0 aliphatic rings. The van der Waals surface area contributed by atoms with Gasteiger partial charge in [-0.3, -0.25) is 4.79 Å². The topological polar surface area (TPSA) is 64.9 Å². The molecule has 0 aliphatic carbocycles. The van der Waals surface area contributed by atoms with Gasteiger partial charge in [-0.1, -0.05) is 78.3 Å². The molecule has 0 spiro atoms. The van der Waals surface area contributed by atoms with Gasteiger partial charge in [-0.25, -0.2) is 0 Å². The van der Waals surface area contributed by atoms with Crippen molar-refractivity contribution in [1.29, 1.82) is 5.26 Å². The fraction of sp³-hybridized carbons (Fsp3) is 0.0435. The summed E-state index contributed by atoms with van der Waals surface area (Å²) < 4.78 is 0. The molecule has 3 rings (SSSR count). The normalized spacial score (nSPS) is 11.0. The first-order valence-corrected chi connectivity index (χ1v) is 9.08. The maximum Gasteiger partial charge on any atom is 0.267 e. The van der Waals surface area contributed by atoms with Gasteiger partial charge in [0.05, 0.1) is 6.04 Å². The van der Waals surface area contributed by atoms with E-state index < -0.39 is 5.91 Å². The maximum atomic E-state index is 12.5. The third-order valence-electron chi connectivity index (χ3n) is 4.11. The average Bonchev–Trinajstić information content (AvgIpc) is 2.72. The molecule has 3 aromatic rings. The first-order valence-electron chi connectivity index (χ1n) is 8.70. The number of halogens is 1. The van der Waals surface area contributed by atoms with Crippen LogP contribution in [0.25, 0.3) is 0 Å². The first kappa shape index (κ1) is 19.2. The number of benzene rings is 3. The lowest BCUT2D eigenvalue weighted by atomic mass is 9.99. The van der Waals surface area contributed by atoms with Crippen LogP contribution in [0.15, 0.2) is 96.7 Å². The zero-order valence-corrected chi connectivity index (χ0v) is 15.7. The smallest absolute Gasteiger partial charge is 0.267 e. The van der Waals surface area contributed by atoms with Crippen LogP contribution in [0.2, 0.25) is 5.02 Å². The van der Waals surface area contributed by atoms with E-state index in [-0.39, 0.29) is 11.6 Å². The van der Waals surface area contributed by atoms with Gasteiger partial charge in [-0.05, 0) is 29.3 Å². The van der Waals surface area contributed by atoms with Crippen LogP contribution in [-0.2, 0) is 4.79 Å². The Hall–Kier alpha value is -3.55. The zero-order valence-electron chi connectivity index (χ0n) is 15.0. The van der Waals surface area contributed by atoms with Crippen molar-refractivity contribution in [3.8, 4) is 6.07 Å². The summed E-state index contributed by atoms with van der Waals surface area (Å²) in [5.41, 5.74) is 2.55. The van der Waals surface area contributed by atoms with Crippen molar-refractivity contribution in [1.82, 2.24) is 5.32 Å². The van der Waals surface area contributed by atoms with Gasteiger partial charge in [-0.2, -0.15) is 5.26 Å². The van der Waals surface area contributed by atoms with Crippen LogP contribution in [0, 0.1) is 11.3 Å². The van der Waals surface area contributed by atoms with Crippen molar-refractivity contribution in [2.24, 2.45) is 0 Å². The highest BCUT2D eigenvalue weighted by molar-refractivity contribution is 6.31. The molecule has 0 aromatic heterocycles. The summed E-state index contributed by atoms with van der Waals surface area (Å²) in [6.07, 6.45) is 1.45. The molecule has 1 amide bonds. The average molecular weight is 388 g/mol. The van der Waals surface area contributed by atoms with Gasteiger partial charge < -0.3 is 10.6 Å². The fourth-order valence-electron chi connectivity index (χ4n) is 2.76. The Morgan fingerprint density at radius 3 is 2.07 bits per heavy atom. The van der Waals surface area contributed by atoms with E-state index in [4.69, 9.17) is 11.6 Å². The lowest BCUT2D eigenvalue weighted by Gasteiger charge is -2.19. The molecular weight excluding hydrogens is 370 g/mol. The Bertz CT molecular complexity index is 971. The molecule has 0 bridgehead atoms. The molecule has 28 heavy (non-hydrogen) atoms. The van der Waals surface area contributed by atoms with Crippen molar-refractivity contribution < 1.29 is 4.79 Å². The number of hydrogen-bond acceptors (Lipinski definition) is 3. The molecule has 5 heteroatoms. The maximum absolute atomic E-state index is 12.5. The molecule has 2 N–H and O–H groups in total. The van der Waals surface area contributed by atoms with Crippen LogP contribution < -0.4 is 10.6 Å².